The zero-order valence-electron chi connectivity index (χ0n) is 14.8. The van der Waals surface area contributed by atoms with Crippen LogP contribution in [0.15, 0.2) is 71.6 Å². The number of nitrogens with one attached hydrogen (secondary N) is 2. The highest BCUT2D eigenvalue weighted by atomic mass is 32.2. The summed E-state index contributed by atoms with van der Waals surface area (Å²) in [5.41, 5.74) is 3.38. The number of phenolic OH excluding ortho intramolecular Hbond substituents is 1. The van der Waals surface area contributed by atoms with E-state index in [2.05, 4.69) is 0 Å². The van der Waals surface area contributed by atoms with E-state index in [1.54, 1.807) is 6.07 Å². The van der Waals surface area contributed by atoms with Crippen molar-refractivity contribution in [3.63, 3.8) is 0 Å². The first-order chi connectivity index (χ1) is 13.3. The van der Waals surface area contributed by atoms with Gasteiger partial charge in [0.15, 0.2) is 0 Å². The third-order valence-corrected chi connectivity index (χ3v) is 5.28. The number of aryl methyl sites for hydroxylation is 1. The van der Waals surface area contributed by atoms with Gasteiger partial charge >= 0.3 is 0 Å². The molecule has 0 fully saturated rings. The summed E-state index contributed by atoms with van der Waals surface area (Å²) < 4.78 is 38.9. The maximum Gasteiger partial charge on any atom is 0.269 e. The van der Waals surface area contributed by atoms with Crippen LogP contribution in [0, 0.1) is 12.7 Å². The number of hydrazine groups is 1. The molecule has 0 saturated carbocycles. The zero-order valence-corrected chi connectivity index (χ0v) is 15.6. The smallest absolute Gasteiger partial charge is 0.269 e. The largest absolute Gasteiger partial charge is 0.508 e. The van der Waals surface area contributed by atoms with Crippen molar-refractivity contribution in [2.24, 2.45) is 0 Å². The Morgan fingerprint density at radius 1 is 0.964 bits per heavy atom. The number of phenols is 1. The van der Waals surface area contributed by atoms with Crippen molar-refractivity contribution in [3.8, 4) is 16.9 Å². The standard InChI is InChI=1S/C20H17FN2O4S/c1-13-10-15(14-6-3-2-4-7-14)11-18(19(13)21)20(25)22-23-28(26,27)17-9-5-8-16(24)12-17/h2-12,23-24H,1H3,(H,22,25). The molecule has 0 spiro atoms. The van der Waals surface area contributed by atoms with E-state index in [9.17, 15) is 22.7 Å². The summed E-state index contributed by atoms with van der Waals surface area (Å²) in [6.45, 7) is 1.52. The average Bonchev–Trinajstić information content (AvgIpc) is 2.69. The summed E-state index contributed by atoms with van der Waals surface area (Å²) in [7, 11) is -4.14. The Kier molecular flexibility index (Phi) is 5.43. The lowest BCUT2D eigenvalue weighted by atomic mass is 9.99. The molecule has 3 aromatic rings. The highest BCUT2D eigenvalue weighted by Gasteiger charge is 2.20. The van der Waals surface area contributed by atoms with Gasteiger partial charge in [-0.25, -0.2) is 12.8 Å². The van der Waals surface area contributed by atoms with E-state index in [1.807, 2.05) is 40.6 Å². The molecule has 28 heavy (non-hydrogen) atoms. The molecule has 3 N–H and O–H groups in total. The lowest BCUT2D eigenvalue weighted by molar-refractivity contribution is 0.0941. The van der Waals surface area contributed by atoms with Crippen LogP contribution in [0.2, 0.25) is 0 Å². The molecule has 0 aliphatic carbocycles. The molecule has 0 saturated heterocycles. The molecule has 0 radical (unpaired) electrons. The number of amides is 1. The van der Waals surface area contributed by atoms with E-state index in [1.165, 1.54) is 31.2 Å². The zero-order chi connectivity index (χ0) is 20.3. The molecule has 0 aliphatic rings. The molecule has 0 atom stereocenters. The number of hydrogen-bond donors (Lipinski definition) is 3. The fourth-order valence-electron chi connectivity index (χ4n) is 2.62. The van der Waals surface area contributed by atoms with Crippen molar-refractivity contribution in [1.82, 2.24) is 10.3 Å². The second kappa shape index (κ2) is 7.79. The first kappa shape index (κ1) is 19.5. The van der Waals surface area contributed by atoms with Crippen LogP contribution in [0.5, 0.6) is 5.75 Å². The van der Waals surface area contributed by atoms with E-state index >= 15 is 0 Å². The Morgan fingerprint density at radius 3 is 2.36 bits per heavy atom. The van der Waals surface area contributed by atoms with Gasteiger partial charge in [-0.2, -0.15) is 0 Å². The average molecular weight is 400 g/mol. The molecule has 0 unspecified atom stereocenters. The van der Waals surface area contributed by atoms with Gasteiger partial charge in [0, 0.05) is 0 Å². The Bertz CT molecular complexity index is 1130. The fraction of sp³-hybridized carbons (Fsp3) is 0.0500. The van der Waals surface area contributed by atoms with Crippen LogP contribution in [-0.4, -0.2) is 19.4 Å². The molecule has 0 aromatic heterocycles. The van der Waals surface area contributed by atoms with Gasteiger partial charge in [-0.05, 0) is 53.9 Å². The number of sulfonamides is 1. The number of carbonyl (C=O) groups excluding carboxylic acids is 1. The topological polar surface area (TPSA) is 95.5 Å². The van der Waals surface area contributed by atoms with Gasteiger partial charge < -0.3 is 5.11 Å². The van der Waals surface area contributed by atoms with Crippen molar-refractivity contribution in [2.45, 2.75) is 11.8 Å². The fourth-order valence-corrected chi connectivity index (χ4v) is 3.50. The predicted molar refractivity (Wildman–Crippen MR) is 102 cm³/mol. The number of carbonyl (C=O) groups is 1. The van der Waals surface area contributed by atoms with E-state index < -0.39 is 21.7 Å². The first-order valence-corrected chi connectivity index (χ1v) is 9.73. The van der Waals surface area contributed by atoms with Gasteiger partial charge in [0.1, 0.15) is 11.6 Å². The summed E-state index contributed by atoms with van der Waals surface area (Å²) in [6, 6.07) is 17.0. The quantitative estimate of drug-likeness (QED) is 0.574. The second-order valence-electron chi connectivity index (χ2n) is 6.08. The molecule has 0 bridgehead atoms. The first-order valence-electron chi connectivity index (χ1n) is 8.25. The molecular formula is C20H17FN2O4S. The van der Waals surface area contributed by atoms with Crippen LogP contribution in [-0.2, 0) is 10.0 Å². The Balaban J connectivity index is 1.85. The second-order valence-corrected chi connectivity index (χ2v) is 7.76. The highest BCUT2D eigenvalue weighted by Crippen LogP contribution is 2.24. The van der Waals surface area contributed by atoms with Crippen LogP contribution < -0.4 is 10.3 Å². The number of aromatic hydroxyl groups is 1. The summed E-state index contributed by atoms with van der Waals surface area (Å²) in [6.07, 6.45) is 0. The van der Waals surface area contributed by atoms with E-state index in [0.29, 0.717) is 5.56 Å². The highest BCUT2D eigenvalue weighted by molar-refractivity contribution is 7.89. The molecule has 3 rings (SSSR count). The number of rotatable bonds is 5. The lowest BCUT2D eigenvalue weighted by Crippen LogP contribution is -2.41. The molecule has 1 amide bonds. The minimum Gasteiger partial charge on any atom is -0.508 e. The monoisotopic (exact) mass is 400 g/mol. The molecule has 8 heteroatoms. The van der Waals surface area contributed by atoms with Crippen LogP contribution >= 0.6 is 0 Å². The molecular weight excluding hydrogens is 383 g/mol. The van der Waals surface area contributed by atoms with Gasteiger partial charge in [-0.1, -0.05) is 36.4 Å². The van der Waals surface area contributed by atoms with Gasteiger partial charge in [0.25, 0.3) is 15.9 Å². The van der Waals surface area contributed by atoms with Crippen molar-refractivity contribution in [2.75, 3.05) is 0 Å². The Morgan fingerprint density at radius 2 is 1.68 bits per heavy atom. The van der Waals surface area contributed by atoms with E-state index in [0.717, 1.165) is 11.6 Å². The third kappa shape index (κ3) is 4.19. The molecule has 0 heterocycles. The van der Waals surface area contributed by atoms with Crippen LogP contribution in [0.3, 0.4) is 0 Å². The van der Waals surface area contributed by atoms with E-state index in [4.69, 9.17) is 0 Å². The predicted octanol–water partition coefficient (Wildman–Crippen LogP) is 3.13. The van der Waals surface area contributed by atoms with Crippen LogP contribution in [0.1, 0.15) is 15.9 Å². The Labute approximate surface area is 161 Å². The maximum atomic E-state index is 14.5. The molecule has 3 aromatic carbocycles. The van der Waals surface area contributed by atoms with Gasteiger partial charge in [0.05, 0.1) is 10.5 Å². The third-order valence-electron chi connectivity index (χ3n) is 4.03. The minimum atomic E-state index is -4.14. The van der Waals surface area contributed by atoms with Crippen molar-refractivity contribution in [1.29, 1.82) is 0 Å². The van der Waals surface area contributed by atoms with Crippen LogP contribution in [0.25, 0.3) is 11.1 Å². The normalized spacial score (nSPS) is 11.2. The van der Waals surface area contributed by atoms with Crippen molar-refractivity contribution >= 4 is 15.9 Å². The Hall–Kier alpha value is -3.23. The maximum absolute atomic E-state index is 14.5. The number of hydrogen-bond acceptors (Lipinski definition) is 4. The van der Waals surface area contributed by atoms with Crippen molar-refractivity contribution < 1.29 is 22.7 Å². The van der Waals surface area contributed by atoms with Gasteiger partial charge in [-0.3, -0.25) is 10.2 Å². The van der Waals surface area contributed by atoms with Crippen molar-refractivity contribution in [3.05, 3.63) is 83.7 Å². The molecule has 144 valence electrons. The lowest BCUT2D eigenvalue weighted by Gasteiger charge is -2.12. The SMILES string of the molecule is Cc1cc(-c2ccccc2)cc(C(=O)NNS(=O)(=O)c2cccc(O)c2)c1F. The summed E-state index contributed by atoms with van der Waals surface area (Å²) >= 11 is 0. The summed E-state index contributed by atoms with van der Waals surface area (Å²) in [4.78, 5) is 14.1. The van der Waals surface area contributed by atoms with Gasteiger partial charge in [0.2, 0.25) is 0 Å². The minimum absolute atomic E-state index is 0.244. The van der Waals surface area contributed by atoms with Gasteiger partial charge in [-0.15, -0.1) is 4.83 Å². The molecule has 6 nitrogen and oxygen atoms in total. The van der Waals surface area contributed by atoms with Crippen LogP contribution in [0.4, 0.5) is 4.39 Å². The number of halogens is 1. The molecule has 0 aliphatic heterocycles. The summed E-state index contributed by atoms with van der Waals surface area (Å²) in [5, 5.41) is 9.41. The summed E-state index contributed by atoms with van der Waals surface area (Å²) in [5.74, 6) is -1.93. The van der Waals surface area contributed by atoms with E-state index in [-0.39, 0.29) is 21.8 Å². The number of benzene rings is 3.